The normalized spacial score (nSPS) is 17.4. The van der Waals surface area contributed by atoms with E-state index in [1.54, 1.807) is 0 Å². The zero-order valence-electron chi connectivity index (χ0n) is 13.6. The van der Waals surface area contributed by atoms with Gasteiger partial charge < -0.3 is 5.32 Å². The molecule has 1 heterocycles. The van der Waals surface area contributed by atoms with E-state index < -0.39 is 5.54 Å². The fourth-order valence-corrected chi connectivity index (χ4v) is 3.20. The van der Waals surface area contributed by atoms with Crippen LogP contribution < -0.4 is 5.32 Å². The standard InChI is InChI=1S/C20H23N3/c1-17-6-5-9-19(14-17)22-20(16-21)10-12-23(13-11-20)15-18-7-3-2-4-8-18/h2-9,14,22H,10-13,15H2,1H3. The van der Waals surface area contributed by atoms with E-state index in [-0.39, 0.29) is 0 Å². The number of likely N-dealkylation sites (tertiary alicyclic amines) is 1. The van der Waals surface area contributed by atoms with Gasteiger partial charge in [0, 0.05) is 25.3 Å². The quantitative estimate of drug-likeness (QED) is 0.929. The summed E-state index contributed by atoms with van der Waals surface area (Å²) in [5.41, 5.74) is 3.15. The third kappa shape index (κ3) is 3.91. The van der Waals surface area contributed by atoms with E-state index in [1.807, 2.05) is 18.2 Å². The smallest absolute Gasteiger partial charge is 0.127 e. The molecule has 1 saturated heterocycles. The van der Waals surface area contributed by atoms with Crippen molar-refractivity contribution in [1.82, 2.24) is 4.90 Å². The Bertz CT molecular complexity index is 680. The summed E-state index contributed by atoms with van der Waals surface area (Å²) in [6.45, 7) is 4.93. The number of nitrogens with zero attached hydrogens (tertiary/aromatic N) is 2. The molecule has 0 unspecified atom stereocenters. The van der Waals surface area contributed by atoms with Gasteiger partial charge in [-0.2, -0.15) is 5.26 Å². The molecular formula is C20H23N3. The van der Waals surface area contributed by atoms with Gasteiger partial charge in [-0.1, -0.05) is 42.5 Å². The van der Waals surface area contributed by atoms with Gasteiger partial charge in [-0.3, -0.25) is 4.90 Å². The fraction of sp³-hybridized carbons (Fsp3) is 0.350. The molecule has 0 aliphatic carbocycles. The Morgan fingerprint density at radius 2 is 1.83 bits per heavy atom. The van der Waals surface area contributed by atoms with E-state index in [1.165, 1.54) is 11.1 Å². The van der Waals surface area contributed by atoms with Crippen molar-refractivity contribution in [3.05, 3.63) is 65.7 Å². The number of hydrogen-bond donors (Lipinski definition) is 1. The molecule has 1 N–H and O–H groups in total. The molecule has 0 atom stereocenters. The molecule has 1 aliphatic rings. The number of benzene rings is 2. The summed E-state index contributed by atoms with van der Waals surface area (Å²) in [4.78, 5) is 2.43. The maximum atomic E-state index is 9.72. The highest BCUT2D eigenvalue weighted by molar-refractivity contribution is 5.49. The summed E-state index contributed by atoms with van der Waals surface area (Å²) in [5, 5.41) is 13.2. The van der Waals surface area contributed by atoms with Gasteiger partial charge in [0.05, 0.1) is 6.07 Å². The van der Waals surface area contributed by atoms with Crippen molar-refractivity contribution in [2.24, 2.45) is 0 Å². The first-order chi connectivity index (χ1) is 11.2. The monoisotopic (exact) mass is 305 g/mol. The lowest BCUT2D eigenvalue weighted by Crippen LogP contribution is -2.48. The lowest BCUT2D eigenvalue weighted by atomic mass is 9.88. The SMILES string of the molecule is Cc1cccc(NC2(C#N)CCN(Cc3ccccc3)CC2)c1. The minimum atomic E-state index is -0.443. The van der Waals surface area contributed by atoms with Crippen molar-refractivity contribution in [2.75, 3.05) is 18.4 Å². The minimum absolute atomic E-state index is 0.443. The third-order valence-corrected chi connectivity index (χ3v) is 4.57. The fourth-order valence-electron chi connectivity index (χ4n) is 3.20. The van der Waals surface area contributed by atoms with Crippen molar-refractivity contribution in [1.29, 1.82) is 5.26 Å². The van der Waals surface area contributed by atoms with E-state index in [4.69, 9.17) is 0 Å². The molecule has 0 saturated carbocycles. The maximum absolute atomic E-state index is 9.72. The zero-order chi connectivity index (χ0) is 16.1. The van der Waals surface area contributed by atoms with Gasteiger partial charge in [0.1, 0.15) is 5.54 Å². The van der Waals surface area contributed by atoms with E-state index in [9.17, 15) is 5.26 Å². The molecule has 0 aromatic heterocycles. The van der Waals surface area contributed by atoms with Crippen LogP contribution in [0.3, 0.4) is 0 Å². The second-order valence-electron chi connectivity index (χ2n) is 6.45. The number of hydrogen-bond acceptors (Lipinski definition) is 3. The van der Waals surface area contributed by atoms with Crippen LogP contribution in [0.15, 0.2) is 54.6 Å². The molecule has 118 valence electrons. The van der Waals surface area contributed by atoms with Gasteiger partial charge in [0.25, 0.3) is 0 Å². The second kappa shape index (κ2) is 6.85. The molecule has 0 spiro atoms. The zero-order valence-corrected chi connectivity index (χ0v) is 13.6. The van der Waals surface area contributed by atoms with E-state index in [2.05, 4.69) is 59.6 Å². The van der Waals surface area contributed by atoms with Gasteiger partial charge in [-0.15, -0.1) is 0 Å². The molecule has 2 aromatic rings. The summed E-state index contributed by atoms with van der Waals surface area (Å²) in [6, 6.07) is 21.3. The number of aryl methyl sites for hydroxylation is 1. The summed E-state index contributed by atoms with van der Waals surface area (Å²) >= 11 is 0. The molecule has 3 nitrogen and oxygen atoms in total. The van der Waals surface area contributed by atoms with Crippen LogP contribution in [0.2, 0.25) is 0 Å². The summed E-state index contributed by atoms with van der Waals surface area (Å²) in [5.74, 6) is 0. The van der Waals surface area contributed by atoms with Crippen LogP contribution in [-0.2, 0) is 6.54 Å². The molecule has 0 radical (unpaired) electrons. The van der Waals surface area contributed by atoms with Crippen LogP contribution in [0.1, 0.15) is 24.0 Å². The van der Waals surface area contributed by atoms with Gasteiger partial charge in [0.15, 0.2) is 0 Å². The highest BCUT2D eigenvalue weighted by atomic mass is 15.2. The van der Waals surface area contributed by atoms with Gasteiger partial charge in [0.2, 0.25) is 0 Å². The van der Waals surface area contributed by atoms with Crippen molar-refractivity contribution >= 4 is 5.69 Å². The average Bonchev–Trinajstić information content (AvgIpc) is 2.58. The molecule has 1 fully saturated rings. The van der Waals surface area contributed by atoms with Gasteiger partial charge in [-0.05, 0) is 43.0 Å². The number of nitrogens with one attached hydrogen (secondary N) is 1. The van der Waals surface area contributed by atoms with Crippen molar-refractivity contribution < 1.29 is 0 Å². The highest BCUT2D eigenvalue weighted by Gasteiger charge is 2.34. The summed E-state index contributed by atoms with van der Waals surface area (Å²) in [6.07, 6.45) is 1.70. The Morgan fingerprint density at radius 3 is 2.48 bits per heavy atom. The molecule has 3 heteroatoms. The van der Waals surface area contributed by atoms with Gasteiger partial charge >= 0.3 is 0 Å². The Kier molecular flexibility index (Phi) is 4.64. The van der Waals surface area contributed by atoms with Crippen LogP contribution in [-0.4, -0.2) is 23.5 Å². The van der Waals surface area contributed by atoms with Crippen LogP contribution in [0.4, 0.5) is 5.69 Å². The highest BCUT2D eigenvalue weighted by Crippen LogP contribution is 2.27. The first-order valence-corrected chi connectivity index (χ1v) is 8.22. The summed E-state index contributed by atoms with van der Waals surface area (Å²) in [7, 11) is 0. The van der Waals surface area contributed by atoms with Crippen LogP contribution in [0.25, 0.3) is 0 Å². The predicted octanol–water partition coefficient (Wildman–Crippen LogP) is 3.97. The van der Waals surface area contributed by atoms with Crippen molar-refractivity contribution in [3.63, 3.8) is 0 Å². The van der Waals surface area contributed by atoms with Crippen LogP contribution >= 0.6 is 0 Å². The first kappa shape index (κ1) is 15.6. The second-order valence-corrected chi connectivity index (χ2v) is 6.45. The molecular weight excluding hydrogens is 282 g/mol. The van der Waals surface area contributed by atoms with Crippen molar-refractivity contribution in [2.45, 2.75) is 31.8 Å². The lowest BCUT2D eigenvalue weighted by molar-refractivity contribution is 0.189. The minimum Gasteiger partial charge on any atom is -0.367 e. The van der Waals surface area contributed by atoms with Gasteiger partial charge in [-0.25, -0.2) is 0 Å². The Balaban J connectivity index is 1.62. The molecule has 23 heavy (non-hydrogen) atoms. The third-order valence-electron chi connectivity index (χ3n) is 4.57. The predicted molar refractivity (Wildman–Crippen MR) is 94.1 cm³/mol. The van der Waals surface area contributed by atoms with Crippen LogP contribution in [0.5, 0.6) is 0 Å². The maximum Gasteiger partial charge on any atom is 0.127 e. The molecule has 0 bridgehead atoms. The average molecular weight is 305 g/mol. The van der Waals surface area contributed by atoms with E-state index >= 15 is 0 Å². The molecule has 0 amide bonds. The Hall–Kier alpha value is -2.31. The summed E-state index contributed by atoms with van der Waals surface area (Å²) < 4.78 is 0. The van der Waals surface area contributed by atoms with Crippen LogP contribution in [0, 0.1) is 18.3 Å². The number of nitriles is 1. The lowest BCUT2D eigenvalue weighted by Gasteiger charge is -2.38. The largest absolute Gasteiger partial charge is 0.367 e. The molecule has 1 aliphatic heterocycles. The van der Waals surface area contributed by atoms with Crippen molar-refractivity contribution in [3.8, 4) is 6.07 Å². The number of anilines is 1. The number of rotatable bonds is 4. The van der Waals surface area contributed by atoms with E-state index in [0.29, 0.717) is 0 Å². The number of piperidine rings is 1. The Morgan fingerprint density at radius 1 is 1.09 bits per heavy atom. The van der Waals surface area contributed by atoms with E-state index in [0.717, 1.165) is 38.2 Å². The molecule has 2 aromatic carbocycles. The topological polar surface area (TPSA) is 39.1 Å². The molecule has 3 rings (SSSR count). The Labute approximate surface area is 138 Å². The first-order valence-electron chi connectivity index (χ1n) is 8.22.